The smallest absolute Gasteiger partial charge is 0.317 e. The molecule has 0 heterocycles. The third-order valence-corrected chi connectivity index (χ3v) is 8.37. The first-order valence-corrected chi connectivity index (χ1v) is 13.2. The lowest BCUT2D eigenvalue weighted by molar-refractivity contribution is -0.156. The highest BCUT2D eigenvalue weighted by Gasteiger charge is 2.53. The van der Waals surface area contributed by atoms with Crippen LogP contribution in [0.3, 0.4) is 0 Å². The molecule has 0 unspecified atom stereocenters. The Hall–Kier alpha value is -2.33. The maximum absolute atomic E-state index is 13.3. The van der Waals surface area contributed by atoms with E-state index in [0.717, 1.165) is 69.8 Å². The summed E-state index contributed by atoms with van der Waals surface area (Å²) in [5.74, 6) is 0.0591. The number of carbonyl (C=O) groups excluding carboxylic acids is 1. The minimum atomic E-state index is -0.413. The monoisotopic (exact) mass is 448 g/mol. The zero-order chi connectivity index (χ0) is 23.7. The summed E-state index contributed by atoms with van der Waals surface area (Å²) in [4.78, 5) is 13.3. The van der Waals surface area contributed by atoms with Gasteiger partial charge < -0.3 is 4.74 Å². The third kappa shape index (κ3) is 5.78. The van der Waals surface area contributed by atoms with Crippen LogP contribution in [0.5, 0.6) is 5.75 Å². The topological polar surface area (TPSA) is 73.9 Å². The van der Waals surface area contributed by atoms with Gasteiger partial charge in [-0.05, 0) is 74.8 Å². The van der Waals surface area contributed by atoms with Crippen molar-refractivity contribution in [2.24, 2.45) is 10.8 Å². The molecule has 33 heavy (non-hydrogen) atoms. The summed E-state index contributed by atoms with van der Waals surface area (Å²) in [6.07, 6.45) is 17.8. The standard InChI is InChI=1S/C29H40N2O2/c1-3-5-7-8-10-14-28-15-18-29(19-16-28,20-17-28)27(32)33-26-13-12-23(11-9-6-4-2)24(21-30)25(26)22-31/h12-13H,3-11,14-20H2,1-2H3. The van der Waals surface area contributed by atoms with E-state index in [9.17, 15) is 15.3 Å². The lowest BCUT2D eigenvalue weighted by Gasteiger charge is -2.52. The zero-order valence-corrected chi connectivity index (χ0v) is 20.7. The number of rotatable bonds is 12. The van der Waals surface area contributed by atoms with Crippen molar-refractivity contribution < 1.29 is 9.53 Å². The number of hydrogen-bond donors (Lipinski definition) is 0. The lowest BCUT2D eigenvalue weighted by atomic mass is 9.52. The molecule has 0 atom stereocenters. The molecule has 0 aliphatic heterocycles. The van der Waals surface area contributed by atoms with Crippen LogP contribution in [0.15, 0.2) is 12.1 Å². The number of esters is 1. The van der Waals surface area contributed by atoms with Crippen LogP contribution in [0.2, 0.25) is 0 Å². The van der Waals surface area contributed by atoms with Gasteiger partial charge in [0.2, 0.25) is 0 Å². The van der Waals surface area contributed by atoms with Crippen LogP contribution >= 0.6 is 0 Å². The van der Waals surface area contributed by atoms with Gasteiger partial charge in [-0.15, -0.1) is 0 Å². The van der Waals surface area contributed by atoms with E-state index in [1.54, 1.807) is 6.07 Å². The first kappa shape index (κ1) is 25.3. The minimum absolute atomic E-state index is 0.196. The van der Waals surface area contributed by atoms with Crippen molar-refractivity contribution in [1.29, 1.82) is 10.5 Å². The predicted molar refractivity (Wildman–Crippen MR) is 131 cm³/mol. The molecule has 4 heteroatoms. The molecule has 4 nitrogen and oxygen atoms in total. The molecule has 0 amide bonds. The summed E-state index contributed by atoms with van der Waals surface area (Å²) >= 11 is 0. The first-order chi connectivity index (χ1) is 16.0. The molecule has 1 aromatic rings. The van der Waals surface area contributed by atoms with Crippen LogP contribution in [0.25, 0.3) is 0 Å². The molecule has 3 aliphatic carbocycles. The van der Waals surface area contributed by atoms with Gasteiger partial charge in [0.1, 0.15) is 23.5 Å². The molecule has 3 fully saturated rings. The molecular formula is C29H40N2O2. The Morgan fingerprint density at radius 3 is 2.06 bits per heavy atom. The number of aryl methyl sites for hydroxylation is 1. The molecule has 3 saturated carbocycles. The van der Waals surface area contributed by atoms with Crippen molar-refractivity contribution in [3.8, 4) is 17.9 Å². The number of nitriles is 2. The Kier molecular flexibility index (Phi) is 8.96. The van der Waals surface area contributed by atoms with Crippen molar-refractivity contribution in [1.82, 2.24) is 0 Å². The van der Waals surface area contributed by atoms with Crippen molar-refractivity contribution in [3.05, 3.63) is 28.8 Å². The van der Waals surface area contributed by atoms with Crippen LogP contribution in [0.1, 0.15) is 127 Å². The highest BCUT2D eigenvalue weighted by molar-refractivity contribution is 5.80. The molecule has 0 radical (unpaired) electrons. The second kappa shape index (κ2) is 11.7. The van der Waals surface area contributed by atoms with Gasteiger partial charge in [-0.1, -0.05) is 64.9 Å². The number of fused-ring (bicyclic) bond motifs is 3. The van der Waals surface area contributed by atoms with Crippen LogP contribution in [0, 0.1) is 33.5 Å². The third-order valence-electron chi connectivity index (χ3n) is 8.37. The Balaban J connectivity index is 1.64. The van der Waals surface area contributed by atoms with Crippen molar-refractivity contribution in [2.75, 3.05) is 0 Å². The largest absolute Gasteiger partial charge is 0.425 e. The second-order valence-electron chi connectivity index (χ2n) is 10.5. The average Bonchev–Trinajstić information content (AvgIpc) is 2.85. The molecule has 2 bridgehead atoms. The lowest BCUT2D eigenvalue weighted by Crippen LogP contribution is -2.47. The van der Waals surface area contributed by atoms with Gasteiger partial charge >= 0.3 is 5.97 Å². The van der Waals surface area contributed by atoms with Gasteiger partial charge in [0.05, 0.1) is 11.0 Å². The number of nitrogens with zero attached hydrogens (tertiary/aromatic N) is 2. The quantitative estimate of drug-likeness (QED) is 0.186. The van der Waals surface area contributed by atoms with Crippen LogP contribution < -0.4 is 4.74 Å². The van der Waals surface area contributed by atoms with Crippen LogP contribution in [-0.4, -0.2) is 5.97 Å². The van der Waals surface area contributed by atoms with E-state index < -0.39 is 5.41 Å². The zero-order valence-electron chi connectivity index (χ0n) is 20.7. The number of benzene rings is 1. The summed E-state index contributed by atoms with van der Waals surface area (Å²) in [7, 11) is 0. The van der Waals surface area contributed by atoms with Gasteiger partial charge in [0.25, 0.3) is 0 Å². The Bertz CT molecular complexity index is 881. The number of ether oxygens (including phenoxy) is 1. The van der Waals surface area contributed by atoms with Crippen molar-refractivity contribution in [2.45, 2.75) is 117 Å². The fraction of sp³-hybridized carbons (Fsp3) is 0.690. The average molecular weight is 449 g/mol. The molecular weight excluding hydrogens is 408 g/mol. The van der Waals surface area contributed by atoms with Crippen molar-refractivity contribution >= 4 is 5.97 Å². The van der Waals surface area contributed by atoms with E-state index in [1.807, 2.05) is 6.07 Å². The van der Waals surface area contributed by atoms with E-state index in [-0.39, 0.29) is 17.3 Å². The summed E-state index contributed by atoms with van der Waals surface area (Å²) in [5.41, 5.74) is 1.47. The molecule has 1 aromatic carbocycles. The number of carbonyl (C=O) groups is 1. The Morgan fingerprint density at radius 1 is 0.848 bits per heavy atom. The van der Waals surface area contributed by atoms with Gasteiger partial charge in [0.15, 0.2) is 0 Å². The molecule has 178 valence electrons. The molecule has 0 N–H and O–H groups in total. The molecule has 0 aromatic heterocycles. The minimum Gasteiger partial charge on any atom is -0.425 e. The Morgan fingerprint density at radius 2 is 1.45 bits per heavy atom. The van der Waals surface area contributed by atoms with E-state index in [4.69, 9.17) is 4.74 Å². The maximum Gasteiger partial charge on any atom is 0.317 e. The Labute approximate surface area is 200 Å². The van der Waals surface area contributed by atoms with Crippen LogP contribution in [-0.2, 0) is 11.2 Å². The number of unbranched alkanes of at least 4 members (excludes halogenated alkanes) is 6. The molecule has 0 saturated heterocycles. The second-order valence-corrected chi connectivity index (χ2v) is 10.5. The van der Waals surface area contributed by atoms with E-state index in [2.05, 4.69) is 26.0 Å². The molecule has 3 aliphatic rings. The van der Waals surface area contributed by atoms with Gasteiger partial charge in [-0.3, -0.25) is 4.79 Å². The van der Waals surface area contributed by atoms with Crippen LogP contribution in [0.4, 0.5) is 0 Å². The fourth-order valence-corrected chi connectivity index (χ4v) is 5.98. The normalized spacial score (nSPS) is 23.6. The van der Waals surface area contributed by atoms with E-state index in [1.165, 1.54) is 38.5 Å². The van der Waals surface area contributed by atoms with Gasteiger partial charge in [-0.2, -0.15) is 10.5 Å². The summed E-state index contributed by atoms with van der Waals surface area (Å²) in [5, 5.41) is 19.5. The van der Waals surface area contributed by atoms with E-state index in [0.29, 0.717) is 11.0 Å². The summed E-state index contributed by atoms with van der Waals surface area (Å²) < 4.78 is 5.86. The first-order valence-electron chi connectivity index (χ1n) is 13.2. The number of hydrogen-bond acceptors (Lipinski definition) is 4. The van der Waals surface area contributed by atoms with Crippen molar-refractivity contribution in [3.63, 3.8) is 0 Å². The fourth-order valence-electron chi connectivity index (χ4n) is 5.98. The van der Waals surface area contributed by atoms with E-state index >= 15 is 0 Å². The highest BCUT2D eigenvalue weighted by Crippen LogP contribution is 2.59. The predicted octanol–water partition coefficient (Wildman–Crippen LogP) is 7.77. The summed E-state index contributed by atoms with van der Waals surface area (Å²) in [6.45, 7) is 4.39. The SMILES string of the molecule is CCCCCCCC12CCC(C(=O)Oc3ccc(CCCCC)c(C#N)c3C#N)(CC1)CC2. The maximum atomic E-state index is 13.3. The molecule has 0 spiro atoms. The highest BCUT2D eigenvalue weighted by atomic mass is 16.5. The van der Waals surface area contributed by atoms with Gasteiger partial charge in [-0.25, -0.2) is 0 Å². The summed E-state index contributed by atoms with van der Waals surface area (Å²) in [6, 6.07) is 7.91. The molecule has 4 rings (SSSR count). The van der Waals surface area contributed by atoms with Gasteiger partial charge in [0, 0.05) is 0 Å².